The minimum absolute atomic E-state index is 0.00611. The van der Waals surface area contributed by atoms with Gasteiger partial charge in [-0.2, -0.15) is 0 Å². The van der Waals surface area contributed by atoms with Crippen molar-refractivity contribution in [2.24, 2.45) is 5.92 Å². The molecule has 14 heavy (non-hydrogen) atoms. The first-order valence-corrected chi connectivity index (χ1v) is 5.75. The van der Waals surface area contributed by atoms with E-state index in [-0.39, 0.29) is 5.91 Å². The number of hydrogen-bond donors (Lipinski definition) is 1. The normalized spacial score (nSPS) is 14.4. The standard InChI is InChI=1S/C11H19NOS/c1-5-7-14-10(11(13)12-4)8-9(3)6-2/h5,7-9H,6H2,1-4H3,(H,12,13)/b7-5-,10-8?. The lowest BCUT2D eigenvalue weighted by Gasteiger charge is -2.06. The molecule has 0 aliphatic heterocycles. The summed E-state index contributed by atoms with van der Waals surface area (Å²) < 4.78 is 0. The van der Waals surface area contributed by atoms with Crippen molar-refractivity contribution in [3.63, 3.8) is 0 Å². The summed E-state index contributed by atoms with van der Waals surface area (Å²) in [7, 11) is 1.66. The van der Waals surface area contributed by atoms with Crippen LogP contribution >= 0.6 is 11.8 Å². The molecule has 0 aromatic carbocycles. The van der Waals surface area contributed by atoms with E-state index in [0.29, 0.717) is 5.92 Å². The van der Waals surface area contributed by atoms with Gasteiger partial charge < -0.3 is 5.32 Å². The van der Waals surface area contributed by atoms with Gasteiger partial charge in [-0.3, -0.25) is 4.79 Å². The molecule has 0 bridgehead atoms. The van der Waals surface area contributed by atoms with Crippen LogP contribution in [0.5, 0.6) is 0 Å². The Morgan fingerprint density at radius 2 is 2.21 bits per heavy atom. The van der Waals surface area contributed by atoms with Crippen LogP contribution in [0, 0.1) is 5.92 Å². The minimum Gasteiger partial charge on any atom is -0.355 e. The van der Waals surface area contributed by atoms with Gasteiger partial charge in [-0.15, -0.1) is 0 Å². The fourth-order valence-corrected chi connectivity index (χ4v) is 1.61. The Hall–Kier alpha value is -0.700. The number of allylic oxidation sites excluding steroid dienone is 2. The molecule has 1 amide bonds. The van der Waals surface area contributed by atoms with E-state index >= 15 is 0 Å². The van der Waals surface area contributed by atoms with E-state index < -0.39 is 0 Å². The zero-order chi connectivity index (χ0) is 11.0. The summed E-state index contributed by atoms with van der Waals surface area (Å²) in [4.78, 5) is 12.2. The molecule has 0 fully saturated rings. The Balaban J connectivity index is 4.53. The highest BCUT2D eigenvalue weighted by molar-refractivity contribution is 8.06. The molecule has 0 aliphatic carbocycles. The van der Waals surface area contributed by atoms with Crippen LogP contribution in [-0.4, -0.2) is 13.0 Å². The number of hydrogen-bond acceptors (Lipinski definition) is 2. The summed E-state index contributed by atoms with van der Waals surface area (Å²) >= 11 is 1.47. The molecule has 1 atom stereocenters. The predicted octanol–water partition coefficient (Wildman–Crippen LogP) is 2.93. The Morgan fingerprint density at radius 3 is 2.64 bits per heavy atom. The van der Waals surface area contributed by atoms with Crippen LogP contribution in [0.3, 0.4) is 0 Å². The zero-order valence-electron chi connectivity index (χ0n) is 9.33. The van der Waals surface area contributed by atoms with Gasteiger partial charge in [0.15, 0.2) is 0 Å². The topological polar surface area (TPSA) is 29.1 Å². The van der Waals surface area contributed by atoms with E-state index in [1.807, 2.05) is 24.5 Å². The fourth-order valence-electron chi connectivity index (χ4n) is 0.809. The van der Waals surface area contributed by atoms with Crippen molar-refractivity contribution >= 4 is 17.7 Å². The second-order valence-corrected chi connectivity index (χ2v) is 4.03. The van der Waals surface area contributed by atoms with Crippen molar-refractivity contribution in [3.8, 4) is 0 Å². The average molecular weight is 213 g/mol. The molecule has 1 N–H and O–H groups in total. The summed E-state index contributed by atoms with van der Waals surface area (Å²) in [5, 5.41) is 4.56. The molecule has 0 aromatic heterocycles. The Morgan fingerprint density at radius 1 is 1.57 bits per heavy atom. The van der Waals surface area contributed by atoms with Crippen molar-refractivity contribution in [2.45, 2.75) is 27.2 Å². The largest absolute Gasteiger partial charge is 0.355 e. The molecular formula is C11H19NOS. The first kappa shape index (κ1) is 13.3. The van der Waals surface area contributed by atoms with Crippen molar-refractivity contribution in [1.82, 2.24) is 5.32 Å². The van der Waals surface area contributed by atoms with Gasteiger partial charge >= 0.3 is 0 Å². The molecule has 0 heterocycles. The third kappa shape index (κ3) is 5.12. The fraction of sp³-hybridized carbons (Fsp3) is 0.545. The summed E-state index contributed by atoms with van der Waals surface area (Å²) in [6.07, 6.45) is 5.00. The van der Waals surface area contributed by atoms with E-state index in [9.17, 15) is 4.79 Å². The highest BCUT2D eigenvalue weighted by Crippen LogP contribution is 2.20. The van der Waals surface area contributed by atoms with Crippen LogP contribution in [0.25, 0.3) is 0 Å². The lowest BCUT2D eigenvalue weighted by atomic mass is 10.1. The molecule has 0 rings (SSSR count). The van der Waals surface area contributed by atoms with Crippen molar-refractivity contribution in [2.75, 3.05) is 7.05 Å². The number of carbonyl (C=O) groups excluding carboxylic acids is 1. The highest BCUT2D eigenvalue weighted by atomic mass is 32.2. The predicted molar refractivity (Wildman–Crippen MR) is 64.0 cm³/mol. The number of likely N-dealkylation sites (N-methyl/N-ethyl adjacent to an activating group) is 1. The van der Waals surface area contributed by atoms with Crippen molar-refractivity contribution in [3.05, 3.63) is 22.5 Å². The van der Waals surface area contributed by atoms with Crippen molar-refractivity contribution < 1.29 is 4.79 Å². The molecular weight excluding hydrogens is 194 g/mol. The van der Waals surface area contributed by atoms with Crippen molar-refractivity contribution in [1.29, 1.82) is 0 Å². The quantitative estimate of drug-likeness (QED) is 0.711. The third-order valence-electron chi connectivity index (χ3n) is 1.86. The summed E-state index contributed by atoms with van der Waals surface area (Å²) in [5.41, 5.74) is 0. The average Bonchev–Trinajstić information content (AvgIpc) is 2.22. The molecule has 80 valence electrons. The molecule has 0 radical (unpaired) electrons. The molecule has 0 aromatic rings. The minimum atomic E-state index is -0.00611. The zero-order valence-corrected chi connectivity index (χ0v) is 10.1. The van der Waals surface area contributed by atoms with Gasteiger partial charge in [0, 0.05) is 7.05 Å². The molecule has 1 unspecified atom stereocenters. The van der Waals surface area contributed by atoms with Crippen LogP contribution in [0.15, 0.2) is 22.5 Å². The van der Waals surface area contributed by atoms with Gasteiger partial charge in [-0.05, 0) is 18.2 Å². The van der Waals surface area contributed by atoms with Gasteiger partial charge in [0.1, 0.15) is 0 Å². The van der Waals surface area contributed by atoms with Crippen LogP contribution in [-0.2, 0) is 4.79 Å². The number of carbonyl (C=O) groups is 1. The van der Waals surface area contributed by atoms with Crippen LogP contribution in [0.4, 0.5) is 0 Å². The van der Waals surface area contributed by atoms with Gasteiger partial charge in [-0.1, -0.05) is 44.2 Å². The van der Waals surface area contributed by atoms with E-state index in [1.54, 1.807) is 7.05 Å². The van der Waals surface area contributed by atoms with Crippen LogP contribution < -0.4 is 5.32 Å². The second kappa shape index (κ2) is 7.68. The first-order valence-electron chi connectivity index (χ1n) is 4.87. The molecule has 0 saturated heterocycles. The summed E-state index contributed by atoms with van der Waals surface area (Å²) in [6.45, 7) is 6.17. The molecule has 3 heteroatoms. The maximum Gasteiger partial charge on any atom is 0.257 e. The van der Waals surface area contributed by atoms with E-state index in [2.05, 4.69) is 19.2 Å². The van der Waals surface area contributed by atoms with Crippen LogP contribution in [0.1, 0.15) is 27.2 Å². The van der Waals surface area contributed by atoms with Gasteiger partial charge in [0.05, 0.1) is 4.91 Å². The Bertz CT molecular complexity index is 233. The molecule has 0 aliphatic rings. The number of thioether (sulfide) groups is 1. The summed E-state index contributed by atoms with van der Waals surface area (Å²) in [6, 6.07) is 0. The number of rotatable bonds is 5. The lowest BCUT2D eigenvalue weighted by Crippen LogP contribution is -2.18. The maximum absolute atomic E-state index is 11.4. The second-order valence-electron chi connectivity index (χ2n) is 3.08. The smallest absolute Gasteiger partial charge is 0.257 e. The van der Waals surface area contributed by atoms with E-state index in [1.165, 1.54) is 11.8 Å². The Kier molecular flexibility index (Phi) is 7.30. The molecule has 2 nitrogen and oxygen atoms in total. The van der Waals surface area contributed by atoms with E-state index in [4.69, 9.17) is 0 Å². The van der Waals surface area contributed by atoms with E-state index in [0.717, 1.165) is 11.3 Å². The molecule has 0 spiro atoms. The van der Waals surface area contributed by atoms with Crippen LogP contribution in [0.2, 0.25) is 0 Å². The molecule has 0 saturated carbocycles. The first-order chi connectivity index (χ1) is 6.65. The SMILES string of the molecule is C/C=C\SC(=CC(C)CC)C(=O)NC. The maximum atomic E-state index is 11.4. The lowest BCUT2D eigenvalue weighted by molar-refractivity contribution is -0.116. The highest BCUT2D eigenvalue weighted by Gasteiger charge is 2.07. The van der Waals surface area contributed by atoms with Gasteiger partial charge in [0.25, 0.3) is 5.91 Å². The summed E-state index contributed by atoms with van der Waals surface area (Å²) in [5.74, 6) is 0.438. The number of nitrogens with one attached hydrogen (secondary N) is 1. The Labute approximate surface area is 90.8 Å². The van der Waals surface area contributed by atoms with Gasteiger partial charge in [-0.25, -0.2) is 0 Å². The number of amides is 1. The van der Waals surface area contributed by atoms with Gasteiger partial charge in [0.2, 0.25) is 0 Å². The third-order valence-corrected chi connectivity index (χ3v) is 2.85. The monoisotopic (exact) mass is 213 g/mol.